The van der Waals surface area contributed by atoms with Crippen molar-refractivity contribution in [1.82, 2.24) is 10.3 Å². The van der Waals surface area contributed by atoms with Gasteiger partial charge >= 0.3 is 5.97 Å². The lowest BCUT2D eigenvalue weighted by Gasteiger charge is -2.29. The summed E-state index contributed by atoms with van der Waals surface area (Å²) in [6.07, 6.45) is 2.37. The van der Waals surface area contributed by atoms with Gasteiger partial charge in [0.05, 0.1) is 17.5 Å². The molecule has 0 unspecified atom stereocenters. The summed E-state index contributed by atoms with van der Waals surface area (Å²) < 4.78 is 5.12. The Kier molecular flexibility index (Phi) is 5.24. The second-order valence-corrected chi connectivity index (χ2v) is 10.7. The van der Waals surface area contributed by atoms with E-state index >= 15 is 0 Å². The van der Waals surface area contributed by atoms with E-state index in [-0.39, 0.29) is 11.8 Å². The number of H-pyrrole nitrogens is 1. The number of aromatic nitrogens is 1. The molecule has 4 aromatic rings. The third-order valence-corrected chi connectivity index (χ3v) is 8.43. The Morgan fingerprint density at radius 2 is 1.75 bits per heavy atom. The molecular weight excluding hydrogens is 508 g/mol. The molecule has 9 nitrogen and oxygen atoms in total. The molecule has 200 valence electrons. The Balaban J connectivity index is 1.34. The van der Waals surface area contributed by atoms with Crippen LogP contribution in [0.5, 0.6) is 5.75 Å². The molecule has 0 bridgehead atoms. The van der Waals surface area contributed by atoms with E-state index in [1.54, 1.807) is 24.3 Å². The number of para-hydroxylation sites is 2. The quantitative estimate of drug-likeness (QED) is 0.209. The number of benzene rings is 3. The molecule has 7 rings (SSSR count). The maximum atomic E-state index is 14.2. The normalized spacial score (nSPS) is 25.0. The van der Waals surface area contributed by atoms with E-state index < -0.39 is 35.3 Å². The van der Waals surface area contributed by atoms with Gasteiger partial charge in [-0.15, -0.1) is 0 Å². The first-order valence-corrected chi connectivity index (χ1v) is 13.2. The number of rotatable bonds is 4. The Morgan fingerprint density at radius 3 is 2.52 bits per heavy atom. The zero-order chi connectivity index (χ0) is 27.8. The van der Waals surface area contributed by atoms with Gasteiger partial charge in [-0.3, -0.25) is 24.5 Å². The lowest BCUT2D eigenvalue weighted by molar-refractivity contribution is -0.132. The fraction of sp³-hybridized carbons (Fsp3) is 0.226. The Hall–Kier alpha value is -4.76. The van der Waals surface area contributed by atoms with Crippen LogP contribution < -0.4 is 20.3 Å². The summed E-state index contributed by atoms with van der Waals surface area (Å²) in [5.74, 6) is -3.00. The van der Waals surface area contributed by atoms with Gasteiger partial charge in [0.25, 0.3) is 0 Å². The molecule has 3 amide bonds. The van der Waals surface area contributed by atoms with Crippen molar-refractivity contribution < 1.29 is 23.9 Å². The third-order valence-electron chi connectivity index (χ3n) is 8.43. The van der Waals surface area contributed by atoms with Gasteiger partial charge < -0.3 is 15.0 Å². The van der Waals surface area contributed by atoms with E-state index in [4.69, 9.17) is 4.74 Å². The lowest BCUT2D eigenvalue weighted by Crippen LogP contribution is -2.53. The minimum atomic E-state index is -1.39. The number of anilines is 2. The molecular formula is C31H26N4O5. The van der Waals surface area contributed by atoms with Crippen LogP contribution in [0.2, 0.25) is 0 Å². The average molecular weight is 535 g/mol. The highest BCUT2D eigenvalue weighted by Crippen LogP contribution is 2.54. The molecule has 2 fully saturated rings. The smallest absolute Gasteiger partial charge is 0.308 e. The molecule has 0 aliphatic carbocycles. The summed E-state index contributed by atoms with van der Waals surface area (Å²) in [6.45, 7) is 3.21. The predicted molar refractivity (Wildman–Crippen MR) is 148 cm³/mol. The van der Waals surface area contributed by atoms with Gasteiger partial charge in [-0.2, -0.15) is 0 Å². The zero-order valence-electron chi connectivity index (χ0n) is 21.9. The van der Waals surface area contributed by atoms with Crippen molar-refractivity contribution in [3.05, 3.63) is 89.6 Å². The van der Waals surface area contributed by atoms with Crippen molar-refractivity contribution >= 4 is 46.0 Å². The highest BCUT2D eigenvalue weighted by molar-refractivity contribution is 6.26. The number of hydrogen-bond donors (Lipinski definition) is 3. The first-order chi connectivity index (χ1) is 19.3. The predicted octanol–water partition coefficient (Wildman–Crippen LogP) is 3.57. The van der Waals surface area contributed by atoms with Crippen LogP contribution in [0.25, 0.3) is 10.9 Å². The number of fused-ring (bicyclic) bond motifs is 5. The van der Waals surface area contributed by atoms with Crippen LogP contribution in [0.15, 0.2) is 72.9 Å². The number of carbonyl (C=O) groups excluding carboxylic acids is 4. The van der Waals surface area contributed by atoms with Crippen molar-refractivity contribution in [1.29, 1.82) is 0 Å². The summed E-state index contributed by atoms with van der Waals surface area (Å²) >= 11 is 0. The summed E-state index contributed by atoms with van der Waals surface area (Å²) in [4.78, 5) is 58.0. The van der Waals surface area contributed by atoms with Crippen LogP contribution in [0, 0.1) is 18.8 Å². The molecule has 3 aromatic carbocycles. The summed E-state index contributed by atoms with van der Waals surface area (Å²) in [5.41, 5.74) is 3.20. The van der Waals surface area contributed by atoms with Gasteiger partial charge in [0.1, 0.15) is 11.3 Å². The highest BCUT2D eigenvalue weighted by Gasteiger charge is 2.70. The fourth-order valence-corrected chi connectivity index (χ4v) is 6.77. The van der Waals surface area contributed by atoms with E-state index in [2.05, 4.69) is 15.6 Å². The number of amides is 3. The van der Waals surface area contributed by atoms with Crippen LogP contribution in [0.1, 0.15) is 23.6 Å². The highest BCUT2D eigenvalue weighted by atomic mass is 16.5. The molecule has 9 heteroatoms. The molecule has 0 radical (unpaired) electrons. The van der Waals surface area contributed by atoms with E-state index in [0.29, 0.717) is 29.1 Å². The molecule has 3 aliphatic rings. The minimum absolute atomic E-state index is 0.311. The molecule has 0 saturated carbocycles. The zero-order valence-corrected chi connectivity index (χ0v) is 21.9. The maximum Gasteiger partial charge on any atom is 0.308 e. The van der Waals surface area contributed by atoms with Crippen molar-refractivity contribution in [3.63, 3.8) is 0 Å². The van der Waals surface area contributed by atoms with Crippen LogP contribution in [0.4, 0.5) is 11.4 Å². The monoisotopic (exact) mass is 534 g/mol. The first-order valence-electron chi connectivity index (χ1n) is 13.2. The molecule has 3 aliphatic heterocycles. The molecule has 3 N–H and O–H groups in total. The number of nitrogens with zero attached hydrogens (tertiary/aromatic N) is 1. The van der Waals surface area contributed by atoms with Crippen LogP contribution in [-0.4, -0.2) is 34.7 Å². The van der Waals surface area contributed by atoms with Crippen LogP contribution >= 0.6 is 0 Å². The van der Waals surface area contributed by atoms with Crippen LogP contribution in [-0.2, 0) is 31.1 Å². The van der Waals surface area contributed by atoms with Gasteiger partial charge in [0.15, 0.2) is 0 Å². The van der Waals surface area contributed by atoms with Crippen molar-refractivity contribution in [2.75, 3.05) is 10.2 Å². The molecule has 1 spiro atoms. The average Bonchev–Trinajstić information content (AvgIpc) is 3.64. The number of nitrogens with one attached hydrogen (secondary N) is 3. The summed E-state index contributed by atoms with van der Waals surface area (Å²) in [5, 5.41) is 7.55. The van der Waals surface area contributed by atoms with E-state index in [0.717, 1.165) is 22.0 Å². The Bertz CT molecular complexity index is 1740. The van der Waals surface area contributed by atoms with Gasteiger partial charge in [-0.25, -0.2) is 4.90 Å². The number of aromatic amines is 1. The maximum absolute atomic E-state index is 14.2. The number of imide groups is 1. The second-order valence-electron chi connectivity index (χ2n) is 10.7. The van der Waals surface area contributed by atoms with Crippen molar-refractivity contribution in [3.8, 4) is 5.75 Å². The third kappa shape index (κ3) is 3.31. The van der Waals surface area contributed by atoms with Gasteiger partial charge in [-0.1, -0.05) is 36.4 Å². The summed E-state index contributed by atoms with van der Waals surface area (Å²) in [7, 11) is 0. The van der Waals surface area contributed by atoms with E-state index in [1.165, 1.54) is 11.8 Å². The standard InChI is InChI=1S/C31H26N4O5/c1-16-6-5-8-22-27(16)33-30(39)31(22)26-25(24(34-31)14-18-15-32-23-9-4-3-7-21(18)23)28(37)35(29(26)38)19-10-12-20(13-11-19)40-17(2)36/h3-13,15,24-26,32,34H,14H2,1-2H3,(H,33,39)/t24-,25+,26+,31+/m0/s1. The molecule has 4 heterocycles. The Morgan fingerprint density at radius 1 is 0.975 bits per heavy atom. The van der Waals surface area contributed by atoms with Crippen molar-refractivity contribution in [2.45, 2.75) is 31.8 Å². The number of aryl methyl sites for hydroxylation is 1. The minimum Gasteiger partial charge on any atom is -0.427 e. The van der Waals surface area contributed by atoms with Crippen molar-refractivity contribution in [2.24, 2.45) is 11.8 Å². The SMILES string of the molecule is CC(=O)Oc1ccc(N2C(=O)[C@@H]3[C@H](Cc4c[nH]c5ccccc45)N[C@@]4(C(=O)Nc5c(C)cccc54)[C@H]3C2=O)cc1. The van der Waals surface area contributed by atoms with E-state index in [9.17, 15) is 19.2 Å². The fourth-order valence-electron chi connectivity index (χ4n) is 6.77. The van der Waals surface area contributed by atoms with Crippen LogP contribution in [0.3, 0.4) is 0 Å². The number of hydrogen-bond acceptors (Lipinski definition) is 6. The lowest BCUT2D eigenvalue weighted by atomic mass is 9.76. The second kappa shape index (κ2) is 8.62. The Labute approximate surface area is 229 Å². The first kappa shape index (κ1) is 24.3. The molecule has 2 saturated heterocycles. The van der Waals surface area contributed by atoms with Gasteiger partial charge in [0.2, 0.25) is 17.7 Å². The van der Waals surface area contributed by atoms with E-state index in [1.807, 2.05) is 55.6 Å². The summed E-state index contributed by atoms with van der Waals surface area (Å²) in [6, 6.07) is 19.3. The molecule has 40 heavy (non-hydrogen) atoms. The van der Waals surface area contributed by atoms with Gasteiger partial charge in [0, 0.05) is 41.3 Å². The number of esters is 1. The van der Waals surface area contributed by atoms with Gasteiger partial charge in [-0.05, 0) is 54.8 Å². The number of ether oxygens (including phenoxy) is 1. The molecule has 1 aromatic heterocycles. The molecule has 4 atom stereocenters. The largest absolute Gasteiger partial charge is 0.427 e. The topological polar surface area (TPSA) is 121 Å². The number of carbonyl (C=O) groups is 4.